The molecular formula is C11H10N4O3. The van der Waals surface area contributed by atoms with Gasteiger partial charge in [0.15, 0.2) is 0 Å². The van der Waals surface area contributed by atoms with Crippen molar-refractivity contribution >= 4 is 17.3 Å². The van der Waals surface area contributed by atoms with Gasteiger partial charge in [-0.1, -0.05) is 0 Å². The fourth-order valence-corrected chi connectivity index (χ4v) is 1.85. The van der Waals surface area contributed by atoms with Crippen LogP contribution in [0.4, 0.5) is 11.4 Å². The highest BCUT2D eigenvalue weighted by atomic mass is 16.6. The molecule has 1 aromatic carbocycles. The van der Waals surface area contributed by atoms with Crippen LogP contribution < -0.4 is 10.2 Å². The van der Waals surface area contributed by atoms with E-state index in [4.69, 9.17) is 5.26 Å². The van der Waals surface area contributed by atoms with Crippen LogP contribution in [0.2, 0.25) is 0 Å². The van der Waals surface area contributed by atoms with Gasteiger partial charge in [0.05, 0.1) is 22.7 Å². The number of rotatable bonds is 2. The summed E-state index contributed by atoms with van der Waals surface area (Å²) in [6.45, 7) is 1.24. The maximum absolute atomic E-state index is 11.3. The van der Waals surface area contributed by atoms with Gasteiger partial charge in [0.2, 0.25) is 5.91 Å². The Balaban J connectivity index is 2.36. The monoisotopic (exact) mass is 246 g/mol. The Morgan fingerprint density at radius 1 is 1.50 bits per heavy atom. The van der Waals surface area contributed by atoms with E-state index in [1.54, 1.807) is 4.90 Å². The lowest BCUT2D eigenvalue weighted by molar-refractivity contribution is -0.384. The lowest BCUT2D eigenvalue weighted by Gasteiger charge is -2.29. The normalized spacial score (nSPS) is 14.8. The molecule has 18 heavy (non-hydrogen) atoms. The summed E-state index contributed by atoms with van der Waals surface area (Å²) in [4.78, 5) is 23.1. The number of nitrogens with one attached hydrogen (secondary N) is 1. The number of carbonyl (C=O) groups excluding carboxylic acids is 1. The molecule has 0 aromatic heterocycles. The largest absolute Gasteiger partial charge is 0.359 e. The lowest BCUT2D eigenvalue weighted by atomic mass is 10.1. The summed E-state index contributed by atoms with van der Waals surface area (Å²) < 4.78 is 0. The Morgan fingerprint density at radius 3 is 2.89 bits per heavy atom. The minimum atomic E-state index is -0.548. The van der Waals surface area contributed by atoms with Crippen molar-refractivity contribution < 1.29 is 9.72 Å². The van der Waals surface area contributed by atoms with Crippen LogP contribution in [0.1, 0.15) is 5.56 Å². The summed E-state index contributed by atoms with van der Waals surface area (Å²) in [5.74, 6) is -0.122. The predicted molar refractivity (Wildman–Crippen MR) is 63.0 cm³/mol. The summed E-state index contributed by atoms with van der Waals surface area (Å²) >= 11 is 0. The van der Waals surface area contributed by atoms with E-state index in [0.29, 0.717) is 18.8 Å². The van der Waals surface area contributed by atoms with Crippen LogP contribution >= 0.6 is 0 Å². The number of nitriles is 1. The highest BCUT2D eigenvalue weighted by Crippen LogP contribution is 2.25. The van der Waals surface area contributed by atoms with Crippen molar-refractivity contribution in [1.29, 1.82) is 5.26 Å². The molecule has 0 atom stereocenters. The van der Waals surface area contributed by atoms with Crippen molar-refractivity contribution in [3.8, 4) is 6.07 Å². The molecule has 1 aliphatic heterocycles. The minimum Gasteiger partial charge on any atom is -0.359 e. The second kappa shape index (κ2) is 4.71. The van der Waals surface area contributed by atoms with Gasteiger partial charge >= 0.3 is 0 Å². The first-order valence-corrected chi connectivity index (χ1v) is 5.32. The number of anilines is 1. The van der Waals surface area contributed by atoms with Gasteiger partial charge in [-0.05, 0) is 6.07 Å². The first-order chi connectivity index (χ1) is 8.61. The molecule has 1 amide bonds. The van der Waals surface area contributed by atoms with Gasteiger partial charge in [0, 0.05) is 25.2 Å². The van der Waals surface area contributed by atoms with Crippen LogP contribution in [0.25, 0.3) is 0 Å². The van der Waals surface area contributed by atoms with Crippen molar-refractivity contribution in [2.75, 3.05) is 24.5 Å². The molecule has 1 aliphatic rings. The van der Waals surface area contributed by atoms with E-state index in [1.165, 1.54) is 18.2 Å². The van der Waals surface area contributed by atoms with Gasteiger partial charge in [-0.3, -0.25) is 14.9 Å². The molecule has 1 fully saturated rings. The van der Waals surface area contributed by atoms with E-state index in [-0.39, 0.29) is 23.7 Å². The van der Waals surface area contributed by atoms with E-state index in [1.807, 2.05) is 6.07 Å². The van der Waals surface area contributed by atoms with Crippen molar-refractivity contribution in [2.45, 2.75) is 0 Å². The van der Waals surface area contributed by atoms with E-state index in [2.05, 4.69) is 5.32 Å². The van der Waals surface area contributed by atoms with Crippen molar-refractivity contribution in [3.05, 3.63) is 33.9 Å². The van der Waals surface area contributed by atoms with Gasteiger partial charge in [-0.15, -0.1) is 0 Å². The number of non-ortho nitro benzene ring substituents is 1. The molecule has 0 unspecified atom stereocenters. The number of benzene rings is 1. The molecule has 0 bridgehead atoms. The molecule has 1 heterocycles. The van der Waals surface area contributed by atoms with E-state index in [0.717, 1.165) is 0 Å². The quantitative estimate of drug-likeness (QED) is 0.601. The number of amides is 1. The van der Waals surface area contributed by atoms with Crippen LogP contribution in [0.15, 0.2) is 18.2 Å². The molecule has 92 valence electrons. The molecule has 0 saturated carbocycles. The maximum Gasteiger partial charge on any atom is 0.270 e. The van der Waals surface area contributed by atoms with Crippen LogP contribution in [0.5, 0.6) is 0 Å². The molecule has 7 nitrogen and oxygen atoms in total. The van der Waals surface area contributed by atoms with Crippen molar-refractivity contribution in [2.24, 2.45) is 0 Å². The fourth-order valence-electron chi connectivity index (χ4n) is 1.85. The zero-order chi connectivity index (χ0) is 13.1. The second-order valence-electron chi connectivity index (χ2n) is 3.84. The van der Waals surface area contributed by atoms with Crippen LogP contribution in [0.3, 0.4) is 0 Å². The number of piperazine rings is 1. The smallest absolute Gasteiger partial charge is 0.270 e. The minimum absolute atomic E-state index is 0.122. The Bertz CT molecular complexity index is 550. The van der Waals surface area contributed by atoms with E-state index in [9.17, 15) is 14.9 Å². The number of nitro benzene ring substituents is 1. The SMILES string of the molecule is N#Cc1cc([N+](=O)[O-])ccc1N1CCNC(=O)C1. The highest BCUT2D eigenvalue weighted by Gasteiger charge is 2.20. The van der Waals surface area contributed by atoms with Gasteiger partial charge in [-0.25, -0.2) is 0 Å². The van der Waals surface area contributed by atoms with Crippen LogP contribution in [0, 0.1) is 21.4 Å². The Morgan fingerprint density at radius 2 is 2.28 bits per heavy atom. The molecule has 0 radical (unpaired) electrons. The zero-order valence-corrected chi connectivity index (χ0v) is 9.42. The van der Waals surface area contributed by atoms with Gasteiger partial charge < -0.3 is 10.2 Å². The maximum atomic E-state index is 11.3. The molecule has 1 saturated heterocycles. The summed E-state index contributed by atoms with van der Waals surface area (Å²) in [5, 5.41) is 22.3. The third-order valence-corrected chi connectivity index (χ3v) is 2.69. The summed E-state index contributed by atoms with van der Waals surface area (Å²) in [6.07, 6.45) is 0. The average Bonchev–Trinajstić information content (AvgIpc) is 2.37. The number of hydrogen-bond acceptors (Lipinski definition) is 5. The summed E-state index contributed by atoms with van der Waals surface area (Å²) in [6, 6.07) is 5.99. The Hall–Kier alpha value is -2.62. The number of nitrogens with zero attached hydrogens (tertiary/aromatic N) is 3. The van der Waals surface area contributed by atoms with Crippen LogP contribution in [-0.2, 0) is 4.79 Å². The molecule has 1 N–H and O–H groups in total. The second-order valence-corrected chi connectivity index (χ2v) is 3.84. The number of nitro groups is 1. The molecular weight excluding hydrogens is 236 g/mol. The standard InChI is InChI=1S/C11H10N4O3/c12-6-8-5-9(15(17)18)1-2-10(8)14-4-3-13-11(16)7-14/h1-2,5H,3-4,7H2,(H,13,16). The molecule has 1 aromatic rings. The number of hydrogen-bond donors (Lipinski definition) is 1. The lowest BCUT2D eigenvalue weighted by Crippen LogP contribution is -2.47. The molecule has 7 heteroatoms. The summed E-state index contributed by atoms with van der Waals surface area (Å²) in [7, 11) is 0. The Kier molecular flexibility index (Phi) is 3.10. The molecule has 0 aliphatic carbocycles. The van der Waals surface area contributed by atoms with Crippen molar-refractivity contribution in [3.63, 3.8) is 0 Å². The zero-order valence-electron chi connectivity index (χ0n) is 9.42. The number of carbonyl (C=O) groups is 1. The first-order valence-electron chi connectivity index (χ1n) is 5.32. The van der Waals surface area contributed by atoms with Gasteiger partial charge in [0.25, 0.3) is 5.69 Å². The molecule has 2 rings (SSSR count). The molecule has 0 spiro atoms. The average molecular weight is 246 g/mol. The fraction of sp³-hybridized carbons (Fsp3) is 0.273. The highest BCUT2D eigenvalue weighted by molar-refractivity contribution is 5.83. The first kappa shape index (κ1) is 11.9. The Labute approximate surface area is 103 Å². The van der Waals surface area contributed by atoms with Gasteiger partial charge in [0.1, 0.15) is 6.07 Å². The van der Waals surface area contributed by atoms with Crippen molar-refractivity contribution in [1.82, 2.24) is 5.32 Å². The van der Waals surface area contributed by atoms with Crippen LogP contribution in [-0.4, -0.2) is 30.5 Å². The predicted octanol–water partition coefficient (Wildman–Crippen LogP) is 0.403. The summed E-state index contributed by atoms with van der Waals surface area (Å²) in [5.41, 5.74) is 0.633. The third-order valence-electron chi connectivity index (χ3n) is 2.69. The van der Waals surface area contributed by atoms with Gasteiger partial charge in [-0.2, -0.15) is 5.26 Å². The van der Waals surface area contributed by atoms with E-state index >= 15 is 0 Å². The third kappa shape index (κ3) is 2.22. The van der Waals surface area contributed by atoms with E-state index < -0.39 is 4.92 Å². The topological polar surface area (TPSA) is 99.3 Å².